The van der Waals surface area contributed by atoms with E-state index in [0.717, 1.165) is 5.56 Å². The van der Waals surface area contributed by atoms with E-state index >= 15 is 0 Å². The van der Waals surface area contributed by atoms with Gasteiger partial charge in [0.1, 0.15) is 0 Å². The van der Waals surface area contributed by atoms with Gasteiger partial charge < -0.3 is 0 Å². The zero-order chi connectivity index (χ0) is 14.0. The van der Waals surface area contributed by atoms with Crippen molar-refractivity contribution in [2.45, 2.75) is 26.2 Å². The Bertz CT molecular complexity index is 594. The number of carbonyl (C=O) groups is 1. The first-order valence-corrected chi connectivity index (χ1v) is 6.66. The fraction of sp³-hybridized carbons (Fsp3) is 0.235. The number of carbonyl (C=O) groups excluding carboxylic acids is 1. The summed E-state index contributed by atoms with van der Waals surface area (Å²) >= 11 is 6.14. The number of rotatable bonds is 2. The van der Waals surface area contributed by atoms with Gasteiger partial charge in [-0.05, 0) is 29.2 Å². The SMILES string of the molecule is CC(C)(C)c1cc(Cl)cc(C(=O)c2ccccc2)c1. The average Bonchev–Trinajstić information content (AvgIpc) is 2.37. The quantitative estimate of drug-likeness (QED) is 0.713. The highest BCUT2D eigenvalue weighted by atomic mass is 35.5. The molecule has 98 valence electrons. The van der Waals surface area contributed by atoms with Crippen molar-refractivity contribution in [3.63, 3.8) is 0 Å². The van der Waals surface area contributed by atoms with Gasteiger partial charge in [-0.25, -0.2) is 0 Å². The molecule has 0 saturated carbocycles. The Labute approximate surface area is 119 Å². The summed E-state index contributed by atoms with van der Waals surface area (Å²) in [7, 11) is 0. The molecule has 0 fully saturated rings. The van der Waals surface area contributed by atoms with E-state index in [1.54, 1.807) is 6.07 Å². The summed E-state index contributed by atoms with van der Waals surface area (Å²) in [6.45, 7) is 6.32. The Balaban J connectivity index is 2.46. The standard InChI is InChI=1S/C17H17ClO/c1-17(2,3)14-9-13(10-15(18)11-14)16(19)12-7-5-4-6-8-12/h4-11H,1-3H3. The molecule has 2 aromatic carbocycles. The highest BCUT2D eigenvalue weighted by Crippen LogP contribution is 2.27. The van der Waals surface area contributed by atoms with Crippen LogP contribution in [-0.2, 0) is 5.41 Å². The molecule has 0 aromatic heterocycles. The Kier molecular flexibility index (Phi) is 3.77. The fourth-order valence-electron chi connectivity index (χ4n) is 1.91. The average molecular weight is 273 g/mol. The highest BCUT2D eigenvalue weighted by molar-refractivity contribution is 6.31. The zero-order valence-corrected chi connectivity index (χ0v) is 12.2. The molecule has 0 heterocycles. The van der Waals surface area contributed by atoms with Gasteiger partial charge in [0.2, 0.25) is 0 Å². The lowest BCUT2D eigenvalue weighted by atomic mass is 9.85. The van der Waals surface area contributed by atoms with Gasteiger partial charge in [-0.1, -0.05) is 62.7 Å². The molecule has 0 aliphatic carbocycles. The molecule has 0 aliphatic heterocycles. The first kappa shape index (κ1) is 13.8. The lowest BCUT2D eigenvalue weighted by Crippen LogP contribution is -2.12. The molecule has 0 spiro atoms. The van der Waals surface area contributed by atoms with Crippen LogP contribution in [0.15, 0.2) is 48.5 Å². The van der Waals surface area contributed by atoms with E-state index in [0.29, 0.717) is 16.1 Å². The Morgan fingerprint density at radius 1 is 0.947 bits per heavy atom. The third-order valence-corrected chi connectivity index (χ3v) is 3.28. The van der Waals surface area contributed by atoms with E-state index in [1.807, 2.05) is 42.5 Å². The molecular weight excluding hydrogens is 256 g/mol. The highest BCUT2D eigenvalue weighted by Gasteiger charge is 2.17. The minimum Gasteiger partial charge on any atom is -0.289 e. The van der Waals surface area contributed by atoms with Crippen LogP contribution in [0.1, 0.15) is 42.3 Å². The van der Waals surface area contributed by atoms with Crippen LogP contribution in [0.5, 0.6) is 0 Å². The van der Waals surface area contributed by atoms with Crippen LogP contribution < -0.4 is 0 Å². The van der Waals surface area contributed by atoms with Gasteiger partial charge in [0, 0.05) is 16.1 Å². The van der Waals surface area contributed by atoms with Crippen molar-refractivity contribution < 1.29 is 4.79 Å². The van der Waals surface area contributed by atoms with Crippen molar-refractivity contribution >= 4 is 17.4 Å². The molecule has 2 heteroatoms. The van der Waals surface area contributed by atoms with Crippen LogP contribution in [0, 0.1) is 0 Å². The second kappa shape index (κ2) is 5.18. The van der Waals surface area contributed by atoms with Gasteiger partial charge in [0.15, 0.2) is 5.78 Å². The number of hydrogen-bond acceptors (Lipinski definition) is 1. The van der Waals surface area contributed by atoms with E-state index in [2.05, 4.69) is 20.8 Å². The summed E-state index contributed by atoms with van der Waals surface area (Å²) in [6.07, 6.45) is 0. The van der Waals surface area contributed by atoms with Crippen LogP contribution in [0.25, 0.3) is 0 Å². The topological polar surface area (TPSA) is 17.1 Å². The summed E-state index contributed by atoms with van der Waals surface area (Å²) < 4.78 is 0. The van der Waals surface area contributed by atoms with Crippen LogP contribution in [-0.4, -0.2) is 5.78 Å². The summed E-state index contributed by atoms with van der Waals surface area (Å²) in [5, 5.41) is 0.603. The number of ketones is 1. The number of halogens is 1. The molecule has 0 radical (unpaired) electrons. The summed E-state index contributed by atoms with van der Waals surface area (Å²) in [5.41, 5.74) is 2.36. The number of benzene rings is 2. The van der Waals surface area contributed by atoms with Crippen molar-refractivity contribution in [2.75, 3.05) is 0 Å². The van der Waals surface area contributed by atoms with Crippen LogP contribution >= 0.6 is 11.6 Å². The Morgan fingerprint density at radius 2 is 1.58 bits per heavy atom. The smallest absolute Gasteiger partial charge is 0.193 e. The predicted octanol–water partition coefficient (Wildman–Crippen LogP) is 4.87. The van der Waals surface area contributed by atoms with E-state index < -0.39 is 0 Å². The monoisotopic (exact) mass is 272 g/mol. The Hall–Kier alpha value is -1.60. The van der Waals surface area contributed by atoms with Crippen LogP contribution in [0.4, 0.5) is 0 Å². The molecule has 0 aliphatic rings. The summed E-state index contributed by atoms with van der Waals surface area (Å²) in [4.78, 5) is 12.4. The molecule has 0 unspecified atom stereocenters. The largest absolute Gasteiger partial charge is 0.289 e. The molecule has 0 bridgehead atoms. The van der Waals surface area contributed by atoms with Crippen molar-refractivity contribution in [1.29, 1.82) is 0 Å². The van der Waals surface area contributed by atoms with Gasteiger partial charge in [0.25, 0.3) is 0 Å². The van der Waals surface area contributed by atoms with Gasteiger partial charge in [-0.15, -0.1) is 0 Å². The van der Waals surface area contributed by atoms with Crippen molar-refractivity contribution in [3.8, 4) is 0 Å². The van der Waals surface area contributed by atoms with Crippen molar-refractivity contribution in [1.82, 2.24) is 0 Å². The maximum Gasteiger partial charge on any atom is 0.193 e. The maximum atomic E-state index is 12.4. The molecular formula is C17H17ClO. The van der Waals surface area contributed by atoms with E-state index in [4.69, 9.17) is 11.6 Å². The minimum absolute atomic E-state index is 0.00796. The second-order valence-electron chi connectivity index (χ2n) is 5.67. The van der Waals surface area contributed by atoms with E-state index in [9.17, 15) is 4.79 Å². The van der Waals surface area contributed by atoms with Gasteiger partial charge in [0.05, 0.1) is 0 Å². The molecule has 0 saturated heterocycles. The van der Waals surface area contributed by atoms with Crippen LogP contribution in [0.3, 0.4) is 0 Å². The van der Waals surface area contributed by atoms with Gasteiger partial charge in [-0.3, -0.25) is 4.79 Å². The van der Waals surface area contributed by atoms with E-state index in [1.165, 1.54) is 0 Å². The fourth-order valence-corrected chi connectivity index (χ4v) is 2.15. The molecule has 2 aromatic rings. The lowest BCUT2D eigenvalue weighted by Gasteiger charge is -2.20. The molecule has 0 amide bonds. The normalized spacial score (nSPS) is 11.4. The summed E-state index contributed by atoms with van der Waals surface area (Å²) in [5.74, 6) is 0.00796. The predicted molar refractivity (Wildman–Crippen MR) is 80.0 cm³/mol. The van der Waals surface area contributed by atoms with Crippen molar-refractivity contribution in [2.24, 2.45) is 0 Å². The molecule has 0 N–H and O–H groups in total. The summed E-state index contributed by atoms with van der Waals surface area (Å²) in [6, 6.07) is 14.8. The third kappa shape index (κ3) is 3.24. The molecule has 2 rings (SSSR count). The third-order valence-electron chi connectivity index (χ3n) is 3.06. The first-order chi connectivity index (χ1) is 8.88. The molecule has 19 heavy (non-hydrogen) atoms. The molecule has 0 atom stereocenters. The zero-order valence-electron chi connectivity index (χ0n) is 11.4. The Morgan fingerprint density at radius 3 is 2.16 bits per heavy atom. The minimum atomic E-state index is -0.0311. The first-order valence-electron chi connectivity index (χ1n) is 6.29. The van der Waals surface area contributed by atoms with Crippen molar-refractivity contribution in [3.05, 3.63) is 70.2 Å². The van der Waals surface area contributed by atoms with E-state index in [-0.39, 0.29) is 11.2 Å². The number of hydrogen-bond donors (Lipinski definition) is 0. The lowest BCUT2D eigenvalue weighted by molar-refractivity contribution is 0.103. The van der Waals surface area contributed by atoms with Gasteiger partial charge in [-0.2, -0.15) is 0 Å². The second-order valence-corrected chi connectivity index (χ2v) is 6.11. The maximum absolute atomic E-state index is 12.4. The van der Waals surface area contributed by atoms with Gasteiger partial charge >= 0.3 is 0 Å². The van der Waals surface area contributed by atoms with Crippen LogP contribution in [0.2, 0.25) is 5.02 Å². The molecule has 1 nitrogen and oxygen atoms in total.